The van der Waals surface area contributed by atoms with Gasteiger partial charge in [0.15, 0.2) is 5.11 Å². The Labute approximate surface area is 223 Å². The normalized spacial score (nSPS) is 14.9. The Morgan fingerprint density at radius 1 is 1.05 bits per heavy atom. The molecule has 1 aliphatic rings. The van der Waals surface area contributed by atoms with Gasteiger partial charge < -0.3 is 25.4 Å². The molecule has 190 valence electrons. The zero-order chi connectivity index (χ0) is 26.5. The molecule has 3 aromatic rings. The Bertz CT molecular complexity index is 1380. The van der Waals surface area contributed by atoms with Crippen molar-refractivity contribution in [3.63, 3.8) is 0 Å². The number of hydrogen-bond donors (Lipinski definition) is 3. The van der Waals surface area contributed by atoms with E-state index >= 15 is 0 Å². The molecule has 1 atom stereocenters. The molecule has 0 fully saturated rings. The second kappa shape index (κ2) is 11.4. The lowest BCUT2D eigenvalue weighted by atomic mass is 9.94. The molecular weight excluding hydrogens is 510 g/mol. The molecule has 1 aliphatic heterocycles. The fourth-order valence-electron chi connectivity index (χ4n) is 4.03. The van der Waals surface area contributed by atoms with Crippen LogP contribution < -0.4 is 16.0 Å². The number of hydrogen-bond acceptors (Lipinski definition) is 7. The molecule has 37 heavy (non-hydrogen) atoms. The van der Waals surface area contributed by atoms with Crippen LogP contribution in [0.4, 0.5) is 5.00 Å². The summed E-state index contributed by atoms with van der Waals surface area (Å²) in [5, 5.41) is 11.6. The molecule has 0 saturated carbocycles. The number of benzene rings is 2. The minimum absolute atomic E-state index is 0.204. The standard InChI is InChI=1S/C27H25N3O5S2/c1-4-35-26(33)21-19(16-8-6-5-7-9-16)14-37-24(21)30-23(31)20-15(2)28-27(36)29-22(20)17-10-12-18(13-11-17)25(32)34-3/h5-14,22H,4H2,1-3H3,(H,30,31)(H2,28,29,36)/t22-/m0/s1. The summed E-state index contributed by atoms with van der Waals surface area (Å²) >= 11 is 6.59. The predicted molar refractivity (Wildman–Crippen MR) is 146 cm³/mol. The Kier molecular flexibility index (Phi) is 8.00. The van der Waals surface area contributed by atoms with E-state index in [1.165, 1.54) is 18.4 Å². The number of esters is 2. The van der Waals surface area contributed by atoms with Crippen LogP contribution >= 0.6 is 23.6 Å². The zero-order valence-electron chi connectivity index (χ0n) is 20.4. The van der Waals surface area contributed by atoms with E-state index in [1.54, 1.807) is 38.1 Å². The lowest BCUT2D eigenvalue weighted by Gasteiger charge is -2.30. The number of thiocarbonyl (C=S) groups is 1. The summed E-state index contributed by atoms with van der Waals surface area (Å²) in [6.07, 6.45) is 0. The van der Waals surface area contributed by atoms with Crippen LogP contribution in [-0.4, -0.2) is 36.7 Å². The second-order valence-electron chi connectivity index (χ2n) is 8.08. The third kappa shape index (κ3) is 5.55. The van der Waals surface area contributed by atoms with E-state index in [1.807, 2.05) is 35.7 Å². The molecule has 4 rings (SSSR count). The monoisotopic (exact) mass is 535 g/mol. The first-order valence-electron chi connectivity index (χ1n) is 11.5. The van der Waals surface area contributed by atoms with Gasteiger partial charge in [-0.3, -0.25) is 4.79 Å². The topological polar surface area (TPSA) is 106 Å². The van der Waals surface area contributed by atoms with Gasteiger partial charge in [-0.25, -0.2) is 9.59 Å². The third-order valence-electron chi connectivity index (χ3n) is 5.76. The Balaban J connectivity index is 1.69. The maximum atomic E-state index is 13.7. The first-order valence-corrected chi connectivity index (χ1v) is 12.7. The van der Waals surface area contributed by atoms with E-state index in [2.05, 4.69) is 16.0 Å². The first-order chi connectivity index (χ1) is 17.8. The van der Waals surface area contributed by atoms with Crippen molar-refractivity contribution >= 4 is 51.5 Å². The highest BCUT2D eigenvalue weighted by molar-refractivity contribution is 7.80. The number of thiophene rings is 1. The van der Waals surface area contributed by atoms with Crippen LogP contribution in [0.1, 0.15) is 46.2 Å². The molecule has 0 spiro atoms. The fourth-order valence-corrected chi connectivity index (χ4v) is 5.25. The number of nitrogens with one attached hydrogen (secondary N) is 3. The van der Waals surface area contributed by atoms with Gasteiger partial charge in [-0.05, 0) is 49.3 Å². The van der Waals surface area contributed by atoms with Crippen molar-refractivity contribution in [3.05, 3.63) is 87.9 Å². The molecule has 2 aromatic carbocycles. The first kappa shape index (κ1) is 26.1. The average Bonchev–Trinajstić information content (AvgIpc) is 3.32. The zero-order valence-corrected chi connectivity index (χ0v) is 22.0. The predicted octanol–water partition coefficient (Wildman–Crippen LogP) is 4.81. The molecular formula is C27H25N3O5S2. The smallest absolute Gasteiger partial charge is 0.341 e. The summed E-state index contributed by atoms with van der Waals surface area (Å²) in [6, 6.07) is 15.6. The summed E-state index contributed by atoms with van der Waals surface area (Å²) in [5.74, 6) is -1.38. The van der Waals surface area contributed by atoms with Gasteiger partial charge >= 0.3 is 11.9 Å². The van der Waals surface area contributed by atoms with Crippen LogP contribution in [0.5, 0.6) is 0 Å². The lowest BCUT2D eigenvalue weighted by molar-refractivity contribution is -0.113. The van der Waals surface area contributed by atoms with E-state index in [0.717, 1.165) is 11.1 Å². The number of anilines is 1. The minimum atomic E-state index is -0.583. The van der Waals surface area contributed by atoms with Gasteiger partial charge in [0.1, 0.15) is 10.6 Å². The van der Waals surface area contributed by atoms with Crippen molar-refractivity contribution in [2.45, 2.75) is 19.9 Å². The van der Waals surface area contributed by atoms with Crippen LogP contribution in [0, 0.1) is 0 Å². The van der Waals surface area contributed by atoms with Crippen molar-refractivity contribution < 1.29 is 23.9 Å². The van der Waals surface area contributed by atoms with Gasteiger partial charge in [0.25, 0.3) is 5.91 Å². The molecule has 1 aromatic heterocycles. The Hall–Kier alpha value is -4.02. The van der Waals surface area contributed by atoms with Gasteiger partial charge in [0.2, 0.25) is 0 Å². The van der Waals surface area contributed by atoms with Crippen LogP contribution in [0.15, 0.2) is 71.2 Å². The summed E-state index contributed by atoms with van der Waals surface area (Å²) in [7, 11) is 1.32. The minimum Gasteiger partial charge on any atom is -0.465 e. The number of carbonyl (C=O) groups is 3. The van der Waals surface area contributed by atoms with Gasteiger partial charge in [-0.2, -0.15) is 0 Å². The molecule has 10 heteroatoms. The van der Waals surface area contributed by atoms with E-state index in [0.29, 0.717) is 38.1 Å². The largest absolute Gasteiger partial charge is 0.465 e. The van der Waals surface area contributed by atoms with Crippen LogP contribution in [0.3, 0.4) is 0 Å². The molecule has 0 saturated heterocycles. The molecule has 8 nitrogen and oxygen atoms in total. The van der Waals surface area contributed by atoms with Crippen LogP contribution in [0.2, 0.25) is 0 Å². The van der Waals surface area contributed by atoms with Gasteiger partial charge in [0, 0.05) is 16.6 Å². The maximum Gasteiger partial charge on any atom is 0.341 e. The van der Waals surface area contributed by atoms with Crippen molar-refractivity contribution in [3.8, 4) is 11.1 Å². The average molecular weight is 536 g/mol. The number of rotatable bonds is 7. The highest BCUT2D eigenvalue weighted by Crippen LogP contribution is 2.37. The summed E-state index contributed by atoms with van der Waals surface area (Å²) in [4.78, 5) is 38.4. The molecule has 3 N–H and O–H groups in total. The number of methoxy groups -OCH3 is 1. The maximum absolute atomic E-state index is 13.7. The number of carbonyl (C=O) groups excluding carboxylic acids is 3. The van der Waals surface area contributed by atoms with Crippen molar-refractivity contribution in [2.75, 3.05) is 19.0 Å². The Morgan fingerprint density at radius 3 is 2.41 bits per heavy atom. The SMILES string of the molecule is CCOC(=O)c1c(-c2ccccc2)csc1NC(=O)C1=C(C)NC(=S)N[C@H]1c1ccc(C(=O)OC)cc1. The summed E-state index contributed by atoms with van der Waals surface area (Å²) < 4.78 is 10.1. The number of allylic oxidation sites excluding steroid dienone is 1. The molecule has 2 heterocycles. The van der Waals surface area contributed by atoms with Crippen molar-refractivity contribution in [2.24, 2.45) is 0 Å². The second-order valence-corrected chi connectivity index (χ2v) is 9.37. The molecule has 0 bridgehead atoms. The number of ether oxygens (including phenoxy) is 2. The highest BCUT2D eigenvalue weighted by atomic mass is 32.1. The molecule has 0 aliphatic carbocycles. The van der Waals surface area contributed by atoms with E-state index in [9.17, 15) is 14.4 Å². The van der Waals surface area contributed by atoms with Crippen LogP contribution in [-0.2, 0) is 14.3 Å². The van der Waals surface area contributed by atoms with Gasteiger partial charge in [-0.1, -0.05) is 42.5 Å². The van der Waals surface area contributed by atoms with E-state index in [-0.39, 0.29) is 6.61 Å². The Morgan fingerprint density at radius 2 is 1.76 bits per heavy atom. The third-order valence-corrected chi connectivity index (χ3v) is 6.88. The molecule has 0 radical (unpaired) electrons. The molecule has 1 amide bonds. The molecule has 0 unspecified atom stereocenters. The number of amides is 1. The van der Waals surface area contributed by atoms with Gasteiger partial charge in [-0.15, -0.1) is 11.3 Å². The quantitative estimate of drug-likeness (QED) is 0.292. The van der Waals surface area contributed by atoms with E-state index in [4.69, 9.17) is 21.7 Å². The van der Waals surface area contributed by atoms with Crippen LogP contribution in [0.25, 0.3) is 11.1 Å². The van der Waals surface area contributed by atoms with Crippen molar-refractivity contribution in [1.82, 2.24) is 10.6 Å². The fraction of sp³-hybridized carbons (Fsp3) is 0.185. The highest BCUT2D eigenvalue weighted by Gasteiger charge is 2.32. The van der Waals surface area contributed by atoms with Gasteiger partial charge in [0.05, 0.1) is 30.9 Å². The van der Waals surface area contributed by atoms with Crippen molar-refractivity contribution in [1.29, 1.82) is 0 Å². The summed E-state index contributed by atoms with van der Waals surface area (Å²) in [5.41, 5.74) is 3.90. The lowest BCUT2D eigenvalue weighted by Crippen LogP contribution is -2.45. The summed E-state index contributed by atoms with van der Waals surface area (Å²) in [6.45, 7) is 3.70. The van der Waals surface area contributed by atoms with E-state index < -0.39 is 23.9 Å².